The lowest BCUT2D eigenvalue weighted by Crippen LogP contribution is -2.54. The van der Waals surface area contributed by atoms with E-state index >= 15 is 0 Å². The molecule has 2 amide bonds. The average Bonchev–Trinajstić information content (AvgIpc) is 2.65. The van der Waals surface area contributed by atoms with E-state index in [0.29, 0.717) is 6.42 Å². The number of carbonyl (C=O) groups excluding carboxylic acids is 2. The summed E-state index contributed by atoms with van der Waals surface area (Å²) in [6.07, 6.45) is 1.64. The van der Waals surface area contributed by atoms with Crippen LogP contribution in [0.2, 0.25) is 0 Å². The third-order valence-electron chi connectivity index (χ3n) is 3.09. The second-order valence-corrected chi connectivity index (χ2v) is 4.08. The second kappa shape index (κ2) is 4.18. The van der Waals surface area contributed by atoms with Gasteiger partial charge in [-0.3, -0.25) is 14.6 Å². The Kier molecular flexibility index (Phi) is 2.90. The minimum absolute atomic E-state index is 0.127. The predicted octanol–water partition coefficient (Wildman–Crippen LogP) is -0.312. The van der Waals surface area contributed by atoms with Gasteiger partial charge in [0.05, 0.1) is 0 Å². The molecule has 84 valence electrons. The number of nitrogens with zero attached hydrogens (tertiary/aromatic N) is 3. The minimum Gasteiger partial charge on any atom is -0.340 e. The Labute approximate surface area is 89.6 Å². The maximum absolute atomic E-state index is 11.5. The van der Waals surface area contributed by atoms with Crippen LogP contribution in [-0.2, 0) is 9.59 Å². The lowest BCUT2D eigenvalue weighted by molar-refractivity contribution is -0.148. The number of hydrogen-bond acceptors (Lipinski definition) is 3. The number of amides is 2. The molecule has 5 nitrogen and oxygen atoms in total. The number of carbonyl (C=O) groups is 2. The van der Waals surface area contributed by atoms with Crippen LogP contribution >= 0.6 is 0 Å². The van der Waals surface area contributed by atoms with Gasteiger partial charge in [0.15, 0.2) is 0 Å². The van der Waals surface area contributed by atoms with Gasteiger partial charge in [-0.15, -0.1) is 0 Å². The van der Waals surface area contributed by atoms with Gasteiger partial charge in [0.1, 0.15) is 0 Å². The Morgan fingerprint density at radius 3 is 2.27 bits per heavy atom. The highest BCUT2D eigenvalue weighted by Crippen LogP contribution is 2.14. The van der Waals surface area contributed by atoms with E-state index in [9.17, 15) is 9.59 Å². The monoisotopic (exact) mass is 211 g/mol. The van der Waals surface area contributed by atoms with Crippen molar-refractivity contribution in [3.8, 4) is 0 Å². The molecule has 0 aromatic carbocycles. The Bertz CT molecular complexity index is 272. The van der Waals surface area contributed by atoms with Crippen molar-refractivity contribution in [3.63, 3.8) is 0 Å². The van der Waals surface area contributed by atoms with Crippen LogP contribution in [-0.4, -0.2) is 59.5 Å². The van der Waals surface area contributed by atoms with E-state index in [-0.39, 0.29) is 11.8 Å². The van der Waals surface area contributed by atoms with Gasteiger partial charge < -0.3 is 4.90 Å². The number of rotatable bonds is 1. The largest absolute Gasteiger partial charge is 0.340 e. The molecule has 2 aliphatic rings. The van der Waals surface area contributed by atoms with Crippen molar-refractivity contribution in [2.75, 3.05) is 32.7 Å². The van der Waals surface area contributed by atoms with Crippen LogP contribution < -0.4 is 0 Å². The van der Waals surface area contributed by atoms with Crippen LogP contribution in [0.4, 0.5) is 0 Å². The molecule has 0 aromatic rings. The molecule has 2 heterocycles. The van der Waals surface area contributed by atoms with E-state index in [1.165, 1.54) is 0 Å². The van der Waals surface area contributed by atoms with Gasteiger partial charge in [-0.05, 0) is 6.42 Å². The van der Waals surface area contributed by atoms with Crippen molar-refractivity contribution < 1.29 is 9.59 Å². The van der Waals surface area contributed by atoms with E-state index in [4.69, 9.17) is 0 Å². The fourth-order valence-electron chi connectivity index (χ4n) is 2.19. The molecule has 2 saturated heterocycles. The van der Waals surface area contributed by atoms with Crippen molar-refractivity contribution >= 4 is 11.8 Å². The van der Waals surface area contributed by atoms with Gasteiger partial charge >= 0.3 is 0 Å². The van der Waals surface area contributed by atoms with E-state index in [1.807, 2.05) is 9.91 Å². The molecule has 2 rings (SSSR count). The van der Waals surface area contributed by atoms with Gasteiger partial charge in [-0.1, -0.05) is 0 Å². The predicted molar refractivity (Wildman–Crippen MR) is 54.8 cm³/mol. The Morgan fingerprint density at radius 2 is 1.80 bits per heavy atom. The fourth-order valence-corrected chi connectivity index (χ4v) is 2.19. The quantitative estimate of drug-likeness (QED) is 0.597. The second-order valence-electron chi connectivity index (χ2n) is 4.08. The molecular weight excluding hydrogens is 194 g/mol. The maximum Gasteiger partial charge on any atom is 0.236 e. The van der Waals surface area contributed by atoms with Crippen LogP contribution in [0.1, 0.15) is 19.8 Å². The molecule has 0 radical (unpaired) electrons. The highest BCUT2D eigenvalue weighted by molar-refractivity contribution is 5.77. The first-order chi connectivity index (χ1) is 7.18. The maximum atomic E-state index is 11.5. The van der Waals surface area contributed by atoms with Crippen molar-refractivity contribution in [3.05, 3.63) is 0 Å². The van der Waals surface area contributed by atoms with Crippen LogP contribution in [0.25, 0.3) is 0 Å². The molecule has 5 heteroatoms. The number of hydrogen-bond donors (Lipinski definition) is 0. The minimum atomic E-state index is 0.127. The highest BCUT2D eigenvalue weighted by Gasteiger charge is 2.29. The first kappa shape index (κ1) is 10.4. The first-order valence-corrected chi connectivity index (χ1v) is 5.49. The van der Waals surface area contributed by atoms with Gasteiger partial charge in [-0.25, -0.2) is 5.01 Å². The lowest BCUT2D eigenvalue weighted by Gasteiger charge is -2.38. The molecule has 2 aliphatic heterocycles. The Balaban J connectivity index is 1.87. The molecule has 0 aliphatic carbocycles. The van der Waals surface area contributed by atoms with Gasteiger partial charge in [0.2, 0.25) is 11.8 Å². The van der Waals surface area contributed by atoms with Crippen molar-refractivity contribution in [1.82, 2.24) is 14.9 Å². The SMILES string of the molecule is CC(=O)N1CCN(N2CCCC2=O)CC1. The summed E-state index contributed by atoms with van der Waals surface area (Å²) >= 11 is 0. The number of piperazine rings is 1. The van der Waals surface area contributed by atoms with Crippen LogP contribution in [0.15, 0.2) is 0 Å². The van der Waals surface area contributed by atoms with Gasteiger partial charge in [0, 0.05) is 46.1 Å². The first-order valence-electron chi connectivity index (χ1n) is 5.49. The fraction of sp³-hybridized carbons (Fsp3) is 0.800. The summed E-state index contributed by atoms with van der Waals surface area (Å²) in [5.74, 6) is 0.355. The zero-order valence-electron chi connectivity index (χ0n) is 9.11. The van der Waals surface area contributed by atoms with Crippen molar-refractivity contribution in [1.29, 1.82) is 0 Å². The molecule has 0 saturated carbocycles. The Hall–Kier alpha value is -1.10. The van der Waals surface area contributed by atoms with E-state index < -0.39 is 0 Å². The molecule has 0 unspecified atom stereocenters. The van der Waals surface area contributed by atoms with Crippen LogP contribution in [0, 0.1) is 0 Å². The van der Waals surface area contributed by atoms with Gasteiger partial charge in [-0.2, -0.15) is 0 Å². The van der Waals surface area contributed by atoms with Crippen molar-refractivity contribution in [2.45, 2.75) is 19.8 Å². The topological polar surface area (TPSA) is 43.9 Å². The Morgan fingerprint density at radius 1 is 1.13 bits per heavy atom. The van der Waals surface area contributed by atoms with E-state index in [0.717, 1.165) is 39.1 Å². The third kappa shape index (κ3) is 2.12. The summed E-state index contributed by atoms with van der Waals surface area (Å²) in [4.78, 5) is 24.4. The molecule has 0 spiro atoms. The molecule has 0 bridgehead atoms. The molecule has 0 N–H and O–H groups in total. The summed E-state index contributed by atoms with van der Waals surface area (Å²) in [6.45, 7) is 5.48. The zero-order chi connectivity index (χ0) is 10.8. The summed E-state index contributed by atoms with van der Waals surface area (Å²) < 4.78 is 0. The average molecular weight is 211 g/mol. The summed E-state index contributed by atoms with van der Waals surface area (Å²) in [5.41, 5.74) is 0. The van der Waals surface area contributed by atoms with Crippen molar-refractivity contribution in [2.24, 2.45) is 0 Å². The third-order valence-corrected chi connectivity index (χ3v) is 3.09. The van der Waals surface area contributed by atoms with Crippen LogP contribution in [0.3, 0.4) is 0 Å². The van der Waals surface area contributed by atoms with Gasteiger partial charge in [0.25, 0.3) is 0 Å². The molecule has 0 atom stereocenters. The lowest BCUT2D eigenvalue weighted by atomic mass is 10.3. The van der Waals surface area contributed by atoms with E-state index in [2.05, 4.69) is 5.01 Å². The summed E-state index contributed by atoms with van der Waals surface area (Å²) in [5, 5.41) is 3.92. The summed E-state index contributed by atoms with van der Waals surface area (Å²) in [6, 6.07) is 0. The standard InChI is InChI=1S/C10H17N3O2/c1-9(14)11-5-7-12(8-6-11)13-4-2-3-10(13)15/h2-8H2,1H3. The molecule has 0 aromatic heterocycles. The summed E-state index contributed by atoms with van der Waals surface area (Å²) in [7, 11) is 0. The van der Waals surface area contributed by atoms with Crippen LogP contribution in [0.5, 0.6) is 0 Å². The molecule has 15 heavy (non-hydrogen) atoms. The zero-order valence-corrected chi connectivity index (χ0v) is 9.11. The smallest absolute Gasteiger partial charge is 0.236 e. The van der Waals surface area contributed by atoms with E-state index in [1.54, 1.807) is 6.92 Å². The molecule has 2 fully saturated rings. The normalized spacial score (nSPS) is 23.7. The number of hydrazine groups is 1. The highest BCUT2D eigenvalue weighted by atomic mass is 16.2. The molecular formula is C10H17N3O2.